The first-order valence-electron chi connectivity index (χ1n) is 9.55. The number of carbonyl (C=O) groups is 2. The van der Waals surface area contributed by atoms with Crippen LogP contribution in [0.15, 0.2) is 42.6 Å². The zero-order valence-corrected chi connectivity index (χ0v) is 15.4. The number of benzene rings is 1. The number of hydrogen-bond donors (Lipinski definition) is 2. The number of aromatic nitrogens is 1. The van der Waals surface area contributed by atoms with Crippen molar-refractivity contribution in [1.29, 1.82) is 0 Å². The van der Waals surface area contributed by atoms with Crippen LogP contribution in [0.1, 0.15) is 48.1 Å². The van der Waals surface area contributed by atoms with Crippen molar-refractivity contribution in [1.82, 2.24) is 10.3 Å². The Morgan fingerprint density at radius 3 is 2.81 bits per heavy atom. The fourth-order valence-electron chi connectivity index (χ4n) is 3.42. The first-order valence-corrected chi connectivity index (χ1v) is 9.55. The molecule has 2 N–H and O–H groups in total. The molecule has 1 aliphatic carbocycles. The highest BCUT2D eigenvalue weighted by Crippen LogP contribution is 2.35. The predicted octanol–water partition coefficient (Wildman–Crippen LogP) is 3.13. The van der Waals surface area contributed by atoms with Crippen LogP contribution in [0.25, 0.3) is 0 Å². The monoisotopic (exact) mass is 364 g/mol. The molecular formula is C21H24N4O2. The number of carbonyl (C=O) groups excluding carboxylic acids is 2. The number of fused-ring (bicyclic) bond motifs is 1. The van der Waals surface area contributed by atoms with Crippen LogP contribution < -0.4 is 15.5 Å². The molecule has 27 heavy (non-hydrogen) atoms. The summed E-state index contributed by atoms with van der Waals surface area (Å²) in [5, 5.41) is 6.13. The normalized spacial score (nSPS) is 17.1. The highest BCUT2D eigenvalue weighted by Gasteiger charge is 2.32. The maximum Gasteiger partial charge on any atom is 0.253 e. The summed E-state index contributed by atoms with van der Waals surface area (Å²) >= 11 is 0. The van der Waals surface area contributed by atoms with Gasteiger partial charge < -0.3 is 15.5 Å². The van der Waals surface area contributed by atoms with Gasteiger partial charge in [0.2, 0.25) is 5.91 Å². The van der Waals surface area contributed by atoms with Crippen molar-refractivity contribution in [2.24, 2.45) is 5.92 Å². The summed E-state index contributed by atoms with van der Waals surface area (Å²) in [6, 6.07) is 11.7. The van der Waals surface area contributed by atoms with E-state index in [4.69, 9.17) is 0 Å². The molecule has 4 rings (SSSR count). The Hall–Kier alpha value is -2.89. The molecule has 1 saturated carbocycles. The first-order chi connectivity index (χ1) is 13.2. The van der Waals surface area contributed by atoms with Gasteiger partial charge in [-0.15, -0.1) is 0 Å². The van der Waals surface area contributed by atoms with E-state index in [1.165, 1.54) is 0 Å². The van der Waals surface area contributed by atoms with Crippen LogP contribution in [-0.2, 0) is 4.79 Å². The van der Waals surface area contributed by atoms with Crippen LogP contribution in [0, 0.1) is 5.92 Å². The van der Waals surface area contributed by atoms with Crippen molar-refractivity contribution in [3.05, 3.63) is 53.7 Å². The molecule has 6 heteroatoms. The summed E-state index contributed by atoms with van der Waals surface area (Å²) in [7, 11) is 0. The van der Waals surface area contributed by atoms with Crippen molar-refractivity contribution < 1.29 is 9.59 Å². The summed E-state index contributed by atoms with van der Waals surface area (Å²) in [4.78, 5) is 31.3. The molecule has 2 aliphatic rings. The summed E-state index contributed by atoms with van der Waals surface area (Å²) in [5.41, 5.74) is 2.26. The molecule has 2 heterocycles. The van der Waals surface area contributed by atoms with Gasteiger partial charge >= 0.3 is 0 Å². The van der Waals surface area contributed by atoms with Gasteiger partial charge in [0.25, 0.3) is 5.91 Å². The highest BCUT2D eigenvalue weighted by molar-refractivity contribution is 6.04. The van der Waals surface area contributed by atoms with Gasteiger partial charge in [-0.25, -0.2) is 4.98 Å². The second-order valence-corrected chi connectivity index (χ2v) is 7.24. The first kappa shape index (κ1) is 17.5. The summed E-state index contributed by atoms with van der Waals surface area (Å²) < 4.78 is 0. The van der Waals surface area contributed by atoms with Crippen LogP contribution in [0.3, 0.4) is 0 Å². The highest BCUT2D eigenvalue weighted by atomic mass is 16.2. The molecule has 1 atom stereocenters. The van der Waals surface area contributed by atoms with E-state index in [1.807, 2.05) is 37.3 Å². The number of amides is 2. The van der Waals surface area contributed by atoms with Gasteiger partial charge in [0, 0.05) is 12.7 Å². The number of hydrogen-bond acceptors (Lipinski definition) is 4. The Bertz CT molecular complexity index is 849. The van der Waals surface area contributed by atoms with Crippen molar-refractivity contribution >= 4 is 23.3 Å². The van der Waals surface area contributed by atoms with Crippen molar-refractivity contribution in [3.8, 4) is 0 Å². The maximum absolute atomic E-state index is 12.8. The lowest BCUT2D eigenvalue weighted by Crippen LogP contribution is -2.41. The van der Waals surface area contributed by atoms with Crippen LogP contribution in [0.2, 0.25) is 0 Å². The van der Waals surface area contributed by atoms with Crippen molar-refractivity contribution in [2.45, 2.75) is 32.2 Å². The van der Waals surface area contributed by atoms with E-state index in [0.29, 0.717) is 29.5 Å². The lowest BCUT2D eigenvalue weighted by Gasteiger charge is -2.30. The molecule has 140 valence electrons. The number of pyridine rings is 1. The van der Waals surface area contributed by atoms with E-state index in [1.54, 1.807) is 17.2 Å². The molecule has 1 aromatic heterocycles. The average Bonchev–Trinajstić information content (AvgIpc) is 3.52. The van der Waals surface area contributed by atoms with Crippen LogP contribution in [-0.4, -0.2) is 29.9 Å². The minimum absolute atomic E-state index is 0.0319. The molecule has 0 radical (unpaired) electrons. The molecule has 1 aromatic carbocycles. The maximum atomic E-state index is 12.8. The SMILES string of the molecule is CC[C@H](NC(=O)c1cnc2c(c1)N(CC1CC1)C(=O)CN2)c1ccccc1. The van der Waals surface area contributed by atoms with Gasteiger partial charge in [0.15, 0.2) is 0 Å². The smallest absolute Gasteiger partial charge is 0.253 e. The quantitative estimate of drug-likeness (QED) is 0.826. The van der Waals surface area contributed by atoms with E-state index in [0.717, 1.165) is 24.8 Å². The predicted molar refractivity (Wildman–Crippen MR) is 105 cm³/mol. The molecule has 2 amide bonds. The Labute approximate surface area is 159 Å². The summed E-state index contributed by atoms with van der Waals surface area (Å²) in [5.74, 6) is 1.09. The molecule has 1 fully saturated rings. The number of nitrogens with one attached hydrogen (secondary N) is 2. The van der Waals surface area contributed by atoms with Gasteiger partial charge in [-0.3, -0.25) is 9.59 Å². The molecule has 0 bridgehead atoms. The van der Waals surface area contributed by atoms with E-state index >= 15 is 0 Å². The Balaban J connectivity index is 1.56. The third-order valence-corrected chi connectivity index (χ3v) is 5.18. The summed E-state index contributed by atoms with van der Waals surface area (Å²) in [6.07, 6.45) is 4.69. The number of nitrogens with zero attached hydrogens (tertiary/aromatic N) is 2. The zero-order chi connectivity index (χ0) is 18.8. The average molecular weight is 364 g/mol. The molecular weight excluding hydrogens is 340 g/mol. The Morgan fingerprint density at radius 1 is 1.33 bits per heavy atom. The third-order valence-electron chi connectivity index (χ3n) is 5.18. The zero-order valence-electron chi connectivity index (χ0n) is 15.4. The second-order valence-electron chi connectivity index (χ2n) is 7.24. The Morgan fingerprint density at radius 2 is 2.11 bits per heavy atom. The summed E-state index contributed by atoms with van der Waals surface area (Å²) in [6.45, 7) is 3.01. The van der Waals surface area contributed by atoms with Crippen molar-refractivity contribution in [3.63, 3.8) is 0 Å². The number of rotatable bonds is 6. The van der Waals surface area contributed by atoms with Crippen LogP contribution in [0.5, 0.6) is 0 Å². The minimum atomic E-state index is -0.176. The van der Waals surface area contributed by atoms with Gasteiger partial charge in [-0.2, -0.15) is 0 Å². The molecule has 6 nitrogen and oxygen atoms in total. The fraction of sp³-hybridized carbons (Fsp3) is 0.381. The lowest BCUT2D eigenvalue weighted by atomic mass is 10.0. The molecule has 1 aliphatic heterocycles. The minimum Gasteiger partial charge on any atom is -0.359 e. The van der Waals surface area contributed by atoms with E-state index in [2.05, 4.69) is 15.6 Å². The topological polar surface area (TPSA) is 74.3 Å². The van der Waals surface area contributed by atoms with E-state index in [9.17, 15) is 9.59 Å². The molecule has 2 aromatic rings. The standard InChI is InChI=1S/C21H24N4O2/c1-2-17(15-6-4-3-5-7-15)24-21(27)16-10-18-20(22-11-16)23-12-19(26)25(18)13-14-8-9-14/h3-7,10-11,14,17H,2,8-9,12-13H2,1H3,(H,22,23)(H,24,27)/t17-/m0/s1. The van der Waals surface area contributed by atoms with Crippen LogP contribution in [0.4, 0.5) is 11.5 Å². The van der Waals surface area contributed by atoms with Gasteiger partial charge in [-0.1, -0.05) is 37.3 Å². The molecule has 0 unspecified atom stereocenters. The van der Waals surface area contributed by atoms with E-state index in [-0.39, 0.29) is 24.4 Å². The lowest BCUT2D eigenvalue weighted by molar-refractivity contribution is -0.117. The van der Waals surface area contributed by atoms with E-state index < -0.39 is 0 Å². The third kappa shape index (κ3) is 3.79. The van der Waals surface area contributed by atoms with Gasteiger partial charge in [-0.05, 0) is 36.8 Å². The van der Waals surface area contributed by atoms with Gasteiger partial charge in [0.1, 0.15) is 5.82 Å². The molecule has 0 spiro atoms. The van der Waals surface area contributed by atoms with Crippen LogP contribution >= 0.6 is 0 Å². The Kier molecular flexibility index (Phi) is 4.79. The van der Waals surface area contributed by atoms with Crippen molar-refractivity contribution in [2.75, 3.05) is 23.3 Å². The molecule has 0 saturated heterocycles. The second kappa shape index (κ2) is 7.39. The van der Waals surface area contributed by atoms with Gasteiger partial charge in [0.05, 0.1) is 23.8 Å². The fourth-order valence-corrected chi connectivity index (χ4v) is 3.42. The number of anilines is 2. The largest absolute Gasteiger partial charge is 0.359 e.